The number of rotatable bonds is 5. The molecule has 1 saturated heterocycles. The molecule has 0 spiro atoms. The Morgan fingerprint density at radius 2 is 2.10 bits per heavy atom. The summed E-state index contributed by atoms with van der Waals surface area (Å²) in [6.07, 6.45) is 0.331. The van der Waals surface area contributed by atoms with Crippen molar-refractivity contribution in [3.63, 3.8) is 0 Å². The molecule has 108 valence electrons. The molecule has 0 aromatic heterocycles. The summed E-state index contributed by atoms with van der Waals surface area (Å²) >= 11 is 0. The standard InChI is InChI=1S/C14H17F2N3O/c15-14(16)20-12-3-1-2-11(10-12)13(4-5-17)19-8-6-18-7-9-19/h1-3,10,13-14,18H,4,6-9H2/t13-/m1/s1. The van der Waals surface area contributed by atoms with Gasteiger partial charge >= 0.3 is 6.61 Å². The third kappa shape index (κ3) is 3.89. The molecule has 6 heteroatoms. The van der Waals surface area contributed by atoms with Crippen molar-refractivity contribution >= 4 is 0 Å². The first-order valence-corrected chi connectivity index (χ1v) is 6.57. The largest absolute Gasteiger partial charge is 0.435 e. The molecule has 1 aromatic rings. The van der Waals surface area contributed by atoms with Crippen LogP contribution in [0.25, 0.3) is 0 Å². The normalized spacial score (nSPS) is 17.7. The number of ether oxygens (including phenoxy) is 1. The molecule has 0 amide bonds. The summed E-state index contributed by atoms with van der Waals surface area (Å²) in [5.74, 6) is 0.135. The first-order valence-electron chi connectivity index (χ1n) is 6.57. The minimum Gasteiger partial charge on any atom is -0.435 e. The van der Waals surface area contributed by atoms with Gasteiger partial charge in [0.1, 0.15) is 5.75 Å². The van der Waals surface area contributed by atoms with Gasteiger partial charge in [0.15, 0.2) is 0 Å². The number of benzene rings is 1. The fourth-order valence-electron chi connectivity index (χ4n) is 2.44. The lowest BCUT2D eigenvalue weighted by Crippen LogP contribution is -2.45. The smallest absolute Gasteiger partial charge is 0.387 e. The molecule has 0 radical (unpaired) electrons. The Kier molecular flexibility index (Phi) is 5.27. The number of piperazine rings is 1. The van der Waals surface area contributed by atoms with Crippen LogP contribution in [0, 0.1) is 11.3 Å². The van der Waals surface area contributed by atoms with Crippen molar-refractivity contribution in [2.24, 2.45) is 0 Å². The van der Waals surface area contributed by atoms with Gasteiger partial charge in [-0.3, -0.25) is 4.90 Å². The summed E-state index contributed by atoms with van der Waals surface area (Å²) in [7, 11) is 0. The lowest BCUT2D eigenvalue weighted by Gasteiger charge is -2.34. The van der Waals surface area contributed by atoms with E-state index in [-0.39, 0.29) is 11.8 Å². The maximum Gasteiger partial charge on any atom is 0.387 e. The van der Waals surface area contributed by atoms with Crippen molar-refractivity contribution < 1.29 is 13.5 Å². The van der Waals surface area contributed by atoms with Crippen molar-refractivity contribution in [1.82, 2.24) is 10.2 Å². The van der Waals surface area contributed by atoms with Crippen molar-refractivity contribution in [2.45, 2.75) is 19.1 Å². The van der Waals surface area contributed by atoms with Gasteiger partial charge in [0.2, 0.25) is 0 Å². The molecule has 1 aliphatic heterocycles. The van der Waals surface area contributed by atoms with Crippen molar-refractivity contribution in [3.05, 3.63) is 29.8 Å². The lowest BCUT2D eigenvalue weighted by molar-refractivity contribution is -0.0499. The Morgan fingerprint density at radius 1 is 1.35 bits per heavy atom. The summed E-state index contributed by atoms with van der Waals surface area (Å²) in [6, 6.07) is 8.71. The summed E-state index contributed by atoms with van der Waals surface area (Å²) in [5, 5.41) is 12.3. The molecule has 1 aromatic carbocycles. The highest BCUT2D eigenvalue weighted by Gasteiger charge is 2.22. The van der Waals surface area contributed by atoms with Gasteiger partial charge in [0.25, 0.3) is 0 Å². The highest BCUT2D eigenvalue weighted by molar-refractivity contribution is 5.31. The third-order valence-corrected chi connectivity index (χ3v) is 3.35. The van der Waals surface area contributed by atoms with E-state index in [0.29, 0.717) is 6.42 Å². The number of nitrogens with zero attached hydrogens (tertiary/aromatic N) is 2. The number of nitriles is 1. The Balaban J connectivity index is 2.17. The molecule has 2 rings (SSSR count). The number of halogens is 2. The van der Waals surface area contributed by atoms with Crippen molar-refractivity contribution in [3.8, 4) is 11.8 Å². The Labute approximate surface area is 116 Å². The summed E-state index contributed by atoms with van der Waals surface area (Å²) in [4.78, 5) is 2.20. The second-order valence-electron chi connectivity index (χ2n) is 4.61. The third-order valence-electron chi connectivity index (χ3n) is 3.35. The number of hydrogen-bond acceptors (Lipinski definition) is 4. The van der Waals surface area contributed by atoms with E-state index in [1.165, 1.54) is 6.07 Å². The van der Waals surface area contributed by atoms with Crippen molar-refractivity contribution in [2.75, 3.05) is 26.2 Å². The topological polar surface area (TPSA) is 48.3 Å². The Hall–Kier alpha value is -1.71. The van der Waals surface area contributed by atoms with Crippen LogP contribution in [0.4, 0.5) is 8.78 Å². The molecular weight excluding hydrogens is 264 g/mol. The van der Waals surface area contributed by atoms with Gasteiger partial charge in [-0.05, 0) is 17.7 Å². The van der Waals surface area contributed by atoms with Crippen LogP contribution in [0.5, 0.6) is 5.75 Å². The van der Waals surface area contributed by atoms with Crippen LogP contribution in [-0.4, -0.2) is 37.7 Å². The number of hydrogen-bond donors (Lipinski definition) is 1. The van der Waals surface area contributed by atoms with E-state index < -0.39 is 6.61 Å². The van der Waals surface area contributed by atoms with E-state index in [1.54, 1.807) is 12.1 Å². The van der Waals surface area contributed by atoms with Gasteiger partial charge in [-0.2, -0.15) is 14.0 Å². The SMILES string of the molecule is N#CC[C@H](c1cccc(OC(F)F)c1)N1CCNCC1. The van der Waals surface area contributed by atoms with E-state index in [9.17, 15) is 8.78 Å². The molecule has 4 nitrogen and oxygen atoms in total. The first-order chi connectivity index (χ1) is 9.70. The predicted molar refractivity (Wildman–Crippen MR) is 70.5 cm³/mol. The van der Waals surface area contributed by atoms with E-state index in [2.05, 4.69) is 21.0 Å². The van der Waals surface area contributed by atoms with Crippen LogP contribution in [0.2, 0.25) is 0 Å². The number of nitrogens with one attached hydrogen (secondary N) is 1. The van der Waals surface area contributed by atoms with Gasteiger partial charge in [-0.15, -0.1) is 0 Å². The highest BCUT2D eigenvalue weighted by atomic mass is 19.3. The molecule has 1 heterocycles. The molecule has 0 unspecified atom stereocenters. The zero-order valence-corrected chi connectivity index (χ0v) is 11.1. The van der Waals surface area contributed by atoms with Gasteiger partial charge in [-0.25, -0.2) is 0 Å². The molecular formula is C14H17F2N3O. The fraction of sp³-hybridized carbons (Fsp3) is 0.500. The maximum atomic E-state index is 12.3. The van der Waals surface area contributed by atoms with Gasteiger partial charge in [0, 0.05) is 32.2 Å². The molecule has 0 aliphatic carbocycles. The molecule has 1 aliphatic rings. The van der Waals surface area contributed by atoms with Crippen LogP contribution in [0.15, 0.2) is 24.3 Å². The zero-order chi connectivity index (χ0) is 14.4. The maximum absolute atomic E-state index is 12.3. The van der Waals surface area contributed by atoms with E-state index >= 15 is 0 Å². The highest BCUT2D eigenvalue weighted by Crippen LogP contribution is 2.27. The lowest BCUT2D eigenvalue weighted by atomic mass is 10.0. The number of alkyl halides is 2. The Bertz CT molecular complexity index is 470. The summed E-state index contributed by atoms with van der Waals surface area (Å²) < 4.78 is 28.9. The molecule has 0 bridgehead atoms. The minimum absolute atomic E-state index is 0.0803. The van der Waals surface area contributed by atoms with Gasteiger partial charge < -0.3 is 10.1 Å². The quantitative estimate of drug-likeness (QED) is 0.898. The van der Waals surface area contributed by atoms with E-state index in [4.69, 9.17) is 5.26 Å². The second kappa shape index (κ2) is 7.17. The minimum atomic E-state index is -2.83. The first kappa shape index (κ1) is 14.7. The van der Waals surface area contributed by atoms with Crippen molar-refractivity contribution in [1.29, 1.82) is 5.26 Å². The molecule has 0 saturated carbocycles. The average Bonchev–Trinajstić information content (AvgIpc) is 2.45. The van der Waals surface area contributed by atoms with E-state index in [0.717, 1.165) is 31.7 Å². The average molecular weight is 281 g/mol. The Morgan fingerprint density at radius 3 is 2.75 bits per heavy atom. The van der Waals surface area contributed by atoms with Crippen LogP contribution in [0.1, 0.15) is 18.0 Å². The summed E-state index contributed by atoms with van der Waals surface area (Å²) in [5.41, 5.74) is 0.839. The van der Waals surface area contributed by atoms with Crippen LogP contribution in [0.3, 0.4) is 0 Å². The zero-order valence-electron chi connectivity index (χ0n) is 11.1. The predicted octanol–water partition coefficient (Wildman–Crippen LogP) is 2.15. The van der Waals surface area contributed by atoms with Gasteiger partial charge in [-0.1, -0.05) is 12.1 Å². The van der Waals surface area contributed by atoms with E-state index in [1.807, 2.05) is 6.07 Å². The summed E-state index contributed by atoms with van der Waals surface area (Å²) in [6.45, 7) is 0.585. The molecule has 1 fully saturated rings. The van der Waals surface area contributed by atoms with Crippen LogP contribution in [-0.2, 0) is 0 Å². The second-order valence-corrected chi connectivity index (χ2v) is 4.61. The van der Waals surface area contributed by atoms with Crippen LogP contribution < -0.4 is 10.1 Å². The molecule has 1 atom stereocenters. The van der Waals surface area contributed by atoms with Gasteiger partial charge in [0.05, 0.1) is 12.5 Å². The molecule has 1 N–H and O–H groups in total. The monoisotopic (exact) mass is 281 g/mol. The van der Waals surface area contributed by atoms with Crippen LogP contribution >= 0.6 is 0 Å². The molecule has 20 heavy (non-hydrogen) atoms. The fourth-order valence-corrected chi connectivity index (χ4v) is 2.44.